The molecule has 1 aliphatic rings. The number of methoxy groups -OCH3 is 1. The summed E-state index contributed by atoms with van der Waals surface area (Å²) < 4.78 is 32.8. The minimum atomic E-state index is -3.52. The van der Waals surface area contributed by atoms with Crippen LogP contribution in [0.3, 0.4) is 0 Å². The van der Waals surface area contributed by atoms with E-state index in [1.165, 1.54) is 4.31 Å². The standard InChI is InChI=1S/C37H40ClN3O5S/c1-46-32-18-13-30(14-19-32)27-41(36(42)22-17-28-15-20-33(21-16-28)47(44,45)40-23-7-8-24-40)35(25-29-9-3-2-4-10-29)37(43)39-26-31-11-5-6-12-34(31)38/h2-6,9-16,18-21,35H,7-8,17,22-27H2,1H3,(H,39,43)/t35-/m1/s1. The lowest BCUT2D eigenvalue weighted by atomic mass is 10.0. The van der Waals surface area contributed by atoms with Gasteiger partial charge in [-0.3, -0.25) is 9.59 Å². The minimum absolute atomic E-state index is 0.136. The van der Waals surface area contributed by atoms with Gasteiger partial charge < -0.3 is 15.0 Å². The van der Waals surface area contributed by atoms with Gasteiger partial charge in [0, 0.05) is 44.0 Å². The number of carbonyl (C=O) groups excluding carboxylic acids is 2. The largest absolute Gasteiger partial charge is 0.497 e. The number of benzene rings is 4. The Morgan fingerprint density at radius 3 is 2.15 bits per heavy atom. The summed E-state index contributed by atoms with van der Waals surface area (Å²) in [4.78, 5) is 30.0. The molecule has 4 aromatic rings. The lowest BCUT2D eigenvalue weighted by molar-refractivity contribution is -0.141. The number of rotatable bonds is 14. The average Bonchev–Trinajstić information content (AvgIpc) is 3.66. The molecule has 0 saturated carbocycles. The number of halogens is 1. The lowest BCUT2D eigenvalue weighted by Crippen LogP contribution is -2.50. The van der Waals surface area contributed by atoms with Crippen molar-refractivity contribution in [2.75, 3.05) is 20.2 Å². The molecular weight excluding hydrogens is 634 g/mol. The van der Waals surface area contributed by atoms with Crippen molar-refractivity contribution in [2.45, 2.75) is 56.1 Å². The first-order chi connectivity index (χ1) is 22.7. The summed E-state index contributed by atoms with van der Waals surface area (Å²) in [6.45, 7) is 1.52. The Labute approximate surface area is 282 Å². The number of ether oxygens (including phenoxy) is 1. The quantitative estimate of drug-likeness (QED) is 0.177. The van der Waals surface area contributed by atoms with E-state index in [-0.39, 0.29) is 36.2 Å². The van der Waals surface area contributed by atoms with Crippen LogP contribution in [0, 0.1) is 0 Å². The van der Waals surface area contributed by atoms with E-state index >= 15 is 0 Å². The second-order valence-electron chi connectivity index (χ2n) is 11.6. The molecule has 2 amide bonds. The monoisotopic (exact) mass is 673 g/mol. The zero-order chi connectivity index (χ0) is 33.2. The number of amides is 2. The molecule has 1 aliphatic heterocycles. The third-order valence-corrected chi connectivity index (χ3v) is 10.7. The SMILES string of the molecule is COc1ccc(CN(C(=O)CCc2ccc(S(=O)(=O)N3CCCC3)cc2)[C@H](Cc2ccccc2)C(=O)NCc2ccccc2Cl)cc1. The molecule has 1 heterocycles. The molecule has 5 rings (SSSR count). The van der Waals surface area contributed by atoms with Crippen LogP contribution in [0.15, 0.2) is 108 Å². The first-order valence-corrected chi connectivity index (χ1v) is 17.6. The van der Waals surface area contributed by atoms with Crippen molar-refractivity contribution in [1.29, 1.82) is 0 Å². The van der Waals surface area contributed by atoms with E-state index in [2.05, 4.69) is 5.32 Å². The molecule has 0 unspecified atom stereocenters. The van der Waals surface area contributed by atoms with Crippen LogP contribution in [-0.2, 0) is 45.5 Å². The molecule has 10 heteroatoms. The third-order valence-electron chi connectivity index (χ3n) is 8.45. The van der Waals surface area contributed by atoms with Crippen LogP contribution in [0.25, 0.3) is 0 Å². The van der Waals surface area contributed by atoms with Gasteiger partial charge in [-0.05, 0) is 71.8 Å². The number of sulfonamides is 1. The van der Waals surface area contributed by atoms with Crippen molar-refractivity contribution in [2.24, 2.45) is 0 Å². The fourth-order valence-corrected chi connectivity index (χ4v) is 7.44. The van der Waals surface area contributed by atoms with Gasteiger partial charge in [-0.15, -0.1) is 0 Å². The number of aryl methyl sites for hydroxylation is 1. The van der Waals surface area contributed by atoms with E-state index in [1.54, 1.807) is 42.3 Å². The third kappa shape index (κ3) is 9.00. The Hall–Kier alpha value is -4.18. The molecule has 0 aromatic heterocycles. The van der Waals surface area contributed by atoms with E-state index in [1.807, 2.05) is 72.8 Å². The van der Waals surface area contributed by atoms with Crippen molar-refractivity contribution < 1.29 is 22.7 Å². The highest BCUT2D eigenvalue weighted by Gasteiger charge is 2.31. The van der Waals surface area contributed by atoms with Gasteiger partial charge in [-0.25, -0.2) is 8.42 Å². The Bertz CT molecular complexity index is 1740. The average molecular weight is 674 g/mol. The number of nitrogens with one attached hydrogen (secondary N) is 1. The topological polar surface area (TPSA) is 96.0 Å². The van der Waals surface area contributed by atoms with Crippen LogP contribution in [-0.4, -0.2) is 55.7 Å². The molecule has 246 valence electrons. The number of hydrogen-bond acceptors (Lipinski definition) is 5. The normalized spacial score (nSPS) is 14.0. The molecule has 8 nitrogen and oxygen atoms in total. The van der Waals surface area contributed by atoms with Crippen molar-refractivity contribution in [3.8, 4) is 5.75 Å². The number of nitrogens with zero attached hydrogens (tertiary/aromatic N) is 2. The van der Waals surface area contributed by atoms with Gasteiger partial charge in [0.25, 0.3) is 0 Å². The molecule has 1 atom stereocenters. The zero-order valence-corrected chi connectivity index (χ0v) is 28.1. The van der Waals surface area contributed by atoms with Crippen LogP contribution in [0.1, 0.15) is 41.5 Å². The summed E-state index contributed by atoms with van der Waals surface area (Å²) in [6, 6.07) is 30.4. The van der Waals surface area contributed by atoms with Crippen LogP contribution in [0.2, 0.25) is 5.02 Å². The second-order valence-corrected chi connectivity index (χ2v) is 14.0. The summed E-state index contributed by atoms with van der Waals surface area (Å²) in [5, 5.41) is 3.57. The van der Waals surface area contributed by atoms with E-state index in [9.17, 15) is 18.0 Å². The fourth-order valence-electron chi connectivity index (χ4n) is 5.72. The molecule has 0 aliphatic carbocycles. The molecule has 1 saturated heterocycles. The van der Waals surface area contributed by atoms with Crippen molar-refractivity contribution in [1.82, 2.24) is 14.5 Å². The first-order valence-electron chi connectivity index (χ1n) is 15.8. The maximum Gasteiger partial charge on any atom is 0.243 e. The van der Waals surface area contributed by atoms with Gasteiger partial charge in [0.05, 0.1) is 12.0 Å². The Morgan fingerprint density at radius 1 is 0.851 bits per heavy atom. The van der Waals surface area contributed by atoms with Gasteiger partial charge in [0.15, 0.2) is 0 Å². The Kier molecular flexibility index (Phi) is 11.7. The van der Waals surface area contributed by atoms with Gasteiger partial charge in [0.1, 0.15) is 11.8 Å². The highest BCUT2D eigenvalue weighted by molar-refractivity contribution is 7.89. The number of carbonyl (C=O) groups is 2. The molecule has 0 bridgehead atoms. The van der Waals surface area contributed by atoms with Crippen molar-refractivity contribution >= 4 is 33.4 Å². The molecule has 0 radical (unpaired) electrons. The highest BCUT2D eigenvalue weighted by atomic mass is 35.5. The Balaban J connectivity index is 1.38. The van der Waals surface area contributed by atoms with Crippen molar-refractivity contribution in [3.05, 3.63) is 130 Å². The van der Waals surface area contributed by atoms with Gasteiger partial charge in [0.2, 0.25) is 21.8 Å². The first kappa shape index (κ1) is 34.2. The summed E-state index contributed by atoms with van der Waals surface area (Å²) in [5.74, 6) is 0.218. The molecule has 0 spiro atoms. The number of hydrogen-bond donors (Lipinski definition) is 1. The molecule has 47 heavy (non-hydrogen) atoms. The highest BCUT2D eigenvalue weighted by Crippen LogP contribution is 2.23. The zero-order valence-electron chi connectivity index (χ0n) is 26.5. The Morgan fingerprint density at radius 2 is 1.49 bits per heavy atom. The predicted molar refractivity (Wildman–Crippen MR) is 184 cm³/mol. The van der Waals surface area contributed by atoms with E-state index < -0.39 is 16.1 Å². The van der Waals surface area contributed by atoms with E-state index in [0.717, 1.165) is 35.1 Å². The fraction of sp³-hybridized carbons (Fsp3) is 0.297. The van der Waals surface area contributed by atoms with Crippen LogP contribution >= 0.6 is 11.6 Å². The molecule has 4 aromatic carbocycles. The smallest absolute Gasteiger partial charge is 0.243 e. The molecule has 1 N–H and O–H groups in total. The van der Waals surface area contributed by atoms with Crippen molar-refractivity contribution in [3.63, 3.8) is 0 Å². The van der Waals surface area contributed by atoms with Gasteiger partial charge >= 0.3 is 0 Å². The van der Waals surface area contributed by atoms with Gasteiger partial charge in [-0.1, -0.05) is 84.4 Å². The summed E-state index contributed by atoms with van der Waals surface area (Å²) in [7, 11) is -1.93. The van der Waals surface area contributed by atoms with Gasteiger partial charge in [-0.2, -0.15) is 4.31 Å². The summed E-state index contributed by atoms with van der Waals surface area (Å²) in [5.41, 5.74) is 3.40. The predicted octanol–water partition coefficient (Wildman–Crippen LogP) is 6.02. The minimum Gasteiger partial charge on any atom is -0.497 e. The second kappa shape index (κ2) is 16.1. The summed E-state index contributed by atoms with van der Waals surface area (Å²) in [6.07, 6.45) is 2.59. The maximum absolute atomic E-state index is 14.1. The lowest BCUT2D eigenvalue weighted by Gasteiger charge is -2.32. The molecule has 1 fully saturated rings. The van der Waals surface area contributed by atoms with E-state index in [4.69, 9.17) is 16.3 Å². The van der Waals surface area contributed by atoms with Crippen LogP contribution in [0.5, 0.6) is 5.75 Å². The van der Waals surface area contributed by atoms with Crippen LogP contribution < -0.4 is 10.1 Å². The molecular formula is C37H40ClN3O5S. The van der Waals surface area contributed by atoms with Crippen LogP contribution in [0.4, 0.5) is 0 Å². The maximum atomic E-state index is 14.1. The van der Waals surface area contributed by atoms with E-state index in [0.29, 0.717) is 36.7 Å². The summed E-state index contributed by atoms with van der Waals surface area (Å²) >= 11 is 6.37.